The van der Waals surface area contributed by atoms with Crippen LogP contribution in [0.1, 0.15) is 22.8 Å². The summed E-state index contributed by atoms with van der Waals surface area (Å²) in [6.07, 6.45) is 0. The van der Waals surface area contributed by atoms with Gasteiger partial charge in [0, 0.05) is 5.56 Å². The molecule has 122 valence electrons. The van der Waals surface area contributed by atoms with Crippen molar-refractivity contribution in [3.8, 4) is 11.5 Å². The Morgan fingerprint density at radius 1 is 1.30 bits per heavy atom. The fraction of sp³-hybridized carbons (Fsp3) is 0.188. The molecular formula is C16H13ClFIO4. The zero-order chi connectivity index (χ0) is 17.0. The molecule has 4 nitrogen and oxygen atoms in total. The molecule has 0 spiro atoms. The van der Waals surface area contributed by atoms with E-state index in [1.54, 1.807) is 6.92 Å². The zero-order valence-electron chi connectivity index (χ0n) is 12.1. The lowest BCUT2D eigenvalue weighted by Gasteiger charge is -2.15. The Bertz CT molecular complexity index is 736. The molecule has 0 radical (unpaired) electrons. The highest BCUT2D eigenvalue weighted by Gasteiger charge is 2.16. The first kappa shape index (κ1) is 17.8. The maximum absolute atomic E-state index is 13.1. The number of ether oxygens (including phenoxy) is 2. The lowest BCUT2D eigenvalue weighted by Crippen LogP contribution is -2.05. The first-order valence-corrected chi connectivity index (χ1v) is 8.14. The topological polar surface area (TPSA) is 55.8 Å². The van der Waals surface area contributed by atoms with E-state index in [1.807, 2.05) is 22.6 Å². The van der Waals surface area contributed by atoms with Gasteiger partial charge in [0.1, 0.15) is 12.4 Å². The van der Waals surface area contributed by atoms with Gasteiger partial charge in [-0.3, -0.25) is 0 Å². The Labute approximate surface area is 151 Å². The van der Waals surface area contributed by atoms with Crippen LogP contribution in [0, 0.1) is 9.39 Å². The minimum absolute atomic E-state index is 0.113. The predicted octanol–water partition coefficient (Wildman–Crippen LogP) is 4.76. The first-order chi connectivity index (χ1) is 10.9. The minimum Gasteiger partial charge on any atom is -0.490 e. The van der Waals surface area contributed by atoms with Crippen molar-refractivity contribution in [2.45, 2.75) is 13.5 Å². The molecule has 0 aliphatic rings. The molecule has 0 aliphatic carbocycles. The van der Waals surface area contributed by atoms with Crippen LogP contribution in [0.4, 0.5) is 4.39 Å². The molecule has 2 aromatic carbocycles. The summed E-state index contributed by atoms with van der Waals surface area (Å²) >= 11 is 7.95. The lowest BCUT2D eigenvalue weighted by molar-refractivity contribution is 0.0696. The van der Waals surface area contributed by atoms with E-state index in [1.165, 1.54) is 30.3 Å². The second-order valence-electron chi connectivity index (χ2n) is 4.55. The van der Waals surface area contributed by atoms with E-state index < -0.39 is 11.8 Å². The number of aromatic carboxylic acids is 1. The third kappa shape index (κ3) is 4.48. The van der Waals surface area contributed by atoms with Crippen molar-refractivity contribution in [2.75, 3.05) is 6.61 Å². The monoisotopic (exact) mass is 450 g/mol. The van der Waals surface area contributed by atoms with Crippen LogP contribution in [0.2, 0.25) is 5.02 Å². The van der Waals surface area contributed by atoms with Gasteiger partial charge in [0.15, 0.2) is 11.5 Å². The molecule has 23 heavy (non-hydrogen) atoms. The smallest absolute Gasteiger partial charge is 0.335 e. The highest BCUT2D eigenvalue weighted by Crippen LogP contribution is 2.35. The molecule has 0 aromatic heterocycles. The molecule has 0 fully saturated rings. The Morgan fingerprint density at radius 2 is 2.04 bits per heavy atom. The SMILES string of the molecule is CCOc1cc(C(=O)O)cc(I)c1OCc1ccc(F)cc1Cl. The van der Waals surface area contributed by atoms with Gasteiger partial charge >= 0.3 is 5.97 Å². The van der Waals surface area contributed by atoms with Gasteiger partial charge in [-0.05, 0) is 53.8 Å². The van der Waals surface area contributed by atoms with Crippen LogP contribution in [0.3, 0.4) is 0 Å². The molecule has 2 aromatic rings. The summed E-state index contributed by atoms with van der Waals surface area (Å²) < 4.78 is 24.8. The fourth-order valence-electron chi connectivity index (χ4n) is 1.88. The van der Waals surface area contributed by atoms with E-state index in [-0.39, 0.29) is 17.2 Å². The number of hydrogen-bond donors (Lipinski definition) is 1. The molecule has 0 bridgehead atoms. The van der Waals surface area contributed by atoms with Gasteiger partial charge in [0.25, 0.3) is 0 Å². The maximum Gasteiger partial charge on any atom is 0.335 e. The van der Waals surface area contributed by atoms with Gasteiger partial charge in [-0.15, -0.1) is 0 Å². The second kappa shape index (κ2) is 7.83. The molecule has 0 saturated heterocycles. The number of benzene rings is 2. The average Bonchev–Trinajstić information content (AvgIpc) is 2.48. The van der Waals surface area contributed by atoms with Crippen molar-refractivity contribution < 1.29 is 23.8 Å². The number of halogens is 3. The molecule has 0 amide bonds. The van der Waals surface area contributed by atoms with Gasteiger partial charge in [-0.25, -0.2) is 9.18 Å². The highest BCUT2D eigenvalue weighted by molar-refractivity contribution is 14.1. The van der Waals surface area contributed by atoms with E-state index >= 15 is 0 Å². The summed E-state index contributed by atoms with van der Waals surface area (Å²) in [6, 6.07) is 6.95. The summed E-state index contributed by atoms with van der Waals surface area (Å²) in [5, 5.41) is 9.37. The number of rotatable bonds is 6. The van der Waals surface area contributed by atoms with Crippen LogP contribution in [0.15, 0.2) is 30.3 Å². The van der Waals surface area contributed by atoms with Crippen LogP contribution in [0.25, 0.3) is 0 Å². The number of carboxylic acid groups (broad SMARTS) is 1. The maximum atomic E-state index is 13.1. The number of carbonyl (C=O) groups is 1. The molecular weight excluding hydrogens is 438 g/mol. The molecule has 0 saturated carbocycles. The number of hydrogen-bond acceptors (Lipinski definition) is 3. The Kier molecular flexibility index (Phi) is 6.06. The molecule has 0 unspecified atom stereocenters. The average molecular weight is 451 g/mol. The standard InChI is InChI=1S/C16H13ClFIO4/c1-2-22-14-6-10(16(20)21)5-13(19)15(14)23-8-9-3-4-11(18)7-12(9)17/h3-7H,2,8H2,1H3,(H,20,21). The Morgan fingerprint density at radius 3 is 2.65 bits per heavy atom. The quantitative estimate of drug-likeness (QED) is 0.645. The van der Waals surface area contributed by atoms with E-state index in [4.69, 9.17) is 26.2 Å². The van der Waals surface area contributed by atoms with Crippen LogP contribution >= 0.6 is 34.2 Å². The van der Waals surface area contributed by atoms with E-state index in [0.29, 0.717) is 27.2 Å². The largest absolute Gasteiger partial charge is 0.490 e. The Hall–Kier alpha value is -1.54. The lowest BCUT2D eigenvalue weighted by atomic mass is 10.2. The van der Waals surface area contributed by atoms with Gasteiger partial charge in [-0.1, -0.05) is 17.7 Å². The van der Waals surface area contributed by atoms with Gasteiger partial charge in [-0.2, -0.15) is 0 Å². The third-order valence-electron chi connectivity index (χ3n) is 2.94. The minimum atomic E-state index is -1.04. The van der Waals surface area contributed by atoms with Crippen molar-refractivity contribution in [3.05, 3.63) is 55.9 Å². The normalized spacial score (nSPS) is 10.4. The van der Waals surface area contributed by atoms with Gasteiger partial charge in [0.05, 0.1) is 20.8 Å². The second-order valence-corrected chi connectivity index (χ2v) is 6.12. The van der Waals surface area contributed by atoms with Crippen molar-refractivity contribution in [3.63, 3.8) is 0 Å². The summed E-state index contributed by atoms with van der Waals surface area (Å²) in [5.41, 5.74) is 0.735. The zero-order valence-corrected chi connectivity index (χ0v) is 15.0. The molecule has 1 N–H and O–H groups in total. The van der Waals surface area contributed by atoms with Crippen molar-refractivity contribution in [1.29, 1.82) is 0 Å². The van der Waals surface area contributed by atoms with Gasteiger partial charge in [0.2, 0.25) is 0 Å². The first-order valence-electron chi connectivity index (χ1n) is 6.68. The summed E-state index contributed by atoms with van der Waals surface area (Å²) in [7, 11) is 0. The van der Waals surface area contributed by atoms with Crippen molar-refractivity contribution >= 4 is 40.2 Å². The molecule has 0 aliphatic heterocycles. The van der Waals surface area contributed by atoms with E-state index in [2.05, 4.69) is 0 Å². The van der Waals surface area contributed by atoms with Gasteiger partial charge < -0.3 is 14.6 Å². The predicted molar refractivity (Wildman–Crippen MR) is 93.0 cm³/mol. The van der Waals surface area contributed by atoms with Crippen molar-refractivity contribution in [2.24, 2.45) is 0 Å². The van der Waals surface area contributed by atoms with Crippen LogP contribution in [-0.2, 0) is 6.61 Å². The summed E-state index contributed by atoms with van der Waals surface area (Å²) in [6.45, 7) is 2.27. The van der Waals surface area contributed by atoms with Crippen LogP contribution < -0.4 is 9.47 Å². The number of carboxylic acids is 1. The van der Waals surface area contributed by atoms with E-state index in [9.17, 15) is 9.18 Å². The van der Waals surface area contributed by atoms with Crippen molar-refractivity contribution in [1.82, 2.24) is 0 Å². The summed E-state index contributed by atoms with van der Waals surface area (Å²) in [4.78, 5) is 11.1. The molecule has 7 heteroatoms. The molecule has 2 rings (SSSR count). The highest BCUT2D eigenvalue weighted by atomic mass is 127. The molecule has 0 atom stereocenters. The summed E-state index contributed by atoms with van der Waals surface area (Å²) in [5.74, 6) is -0.695. The third-order valence-corrected chi connectivity index (χ3v) is 4.10. The molecule has 0 heterocycles. The fourth-order valence-corrected chi connectivity index (χ4v) is 2.86. The van der Waals surface area contributed by atoms with Crippen LogP contribution in [0.5, 0.6) is 11.5 Å². The Balaban J connectivity index is 2.29. The van der Waals surface area contributed by atoms with Crippen LogP contribution in [-0.4, -0.2) is 17.7 Å². The van der Waals surface area contributed by atoms with E-state index in [0.717, 1.165) is 0 Å².